The summed E-state index contributed by atoms with van der Waals surface area (Å²) in [5.74, 6) is 0.714. The molecule has 12 nitrogen and oxygen atoms in total. The highest BCUT2D eigenvalue weighted by molar-refractivity contribution is 7.92. The van der Waals surface area contributed by atoms with Crippen molar-refractivity contribution in [1.82, 2.24) is 20.0 Å². The number of sulfone groups is 1. The summed E-state index contributed by atoms with van der Waals surface area (Å²) < 4.78 is 88.0. The van der Waals surface area contributed by atoms with E-state index in [0.29, 0.717) is 41.5 Å². The van der Waals surface area contributed by atoms with E-state index in [1.807, 2.05) is 0 Å². The molecule has 236 valence electrons. The summed E-state index contributed by atoms with van der Waals surface area (Å²) in [7, 11) is -2.88. The van der Waals surface area contributed by atoms with Gasteiger partial charge >= 0.3 is 21.1 Å². The van der Waals surface area contributed by atoms with Crippen LogP contribution in [0.3, 0.4) is 0 Å². The van der Waals surface area contributed by atoms with Crippen LogP contribution >= 0.6 is 0 Å². The molecule has 2 fully saturated rings. The molecule has 2 aliphatic heterocycles. The third-order valence-corrected chi connectivity index (χ3v) is 9.15. The number of carbonyl (C=O) groups is 1. The lowest BCUT2D eigenvalue weighted by molar-refractivity contribution is 0.0285. The Hall–Kier alpha value is -4.49. The molecule has 0 spiro atoms. The summed E-state index contributed by atoms with van der Waals surface area (Å²) >= 11 is 0. The summed E-state index contributed by atoms with van der Waals surface area (Å²) in [5.41, 5.74) is 0.159. The SMILES string of the molecule is [2H]C([2H])([2H])N(C(=O)OC(C)(C)C)C([2H])([2H])c1ccc(-c2cc(-c3nc(-c4ccc(S(=O)(=O)C(C)C)cc4)cnc3C3(/N=C4\BO4)BO3)on2)cc1. The highest BCUT2D eigenvalue weighted by Gasteiger charge is 2.54. The molecule has 6 rings (SSSR count). The van der Waals surface area contributed by atoms with Crippen LogP contribution in [0.2, 0.25) is 0 Å². The molecule has 1 atom stereocenters. The molecule has 0 aliphatic carbocycles. The van der Waals surface area contributed by atoms with E-state index in [-0.39, 0.29) is 34.3 Å². The summed E-state index contributed by atoms with van der Waals surface area (Å²) in [6, 6.07) is 13.7. The zero-order chi connectivity index (χ0) is 37.1. The van der Waals surface area contributed by atoms with Crippen molar-refractivity contribution < 1.29 is 38.6 Å². The Kier molecular flexibility index (Phi) is 6.53. The summed E-state index contributed by atoms with van der Waals surface area (Å²) in [5, 5.41) is 3.61. The molecule has 15 heteroatoms. The zero-order valence-electron chi connectivity index (χ0n) is 30.8. The molecule has 0 radical (unpaired) electrons. The molecule has 2 aliphatic rings. The number of ether oxygens (including phenoxy) is 1. The van der Waals surface area contributed by atoms with Gasteiger partial charge in [0.15, 0.2) is 27.0 Å². The van der Waals surface area contributed by atoms with Crippen molar-refractivity contribution in [1.29, 1.82) is 0 Å². The maximum Gasteiger partial charge on any atom is 0.434 e. The minimum absolute atomic E-state index is 0.101. The Morgan fingerprint density at radius 2 is 1.78 bits per heavy atom. The fourth-order valence-electron chi connectivity index (χ4n) is 4.41. The quantitative estimate of drug-likeness (QED) is 0.191. The first-order chi connectivity index (χ1) is 23.7. The average Bonchev–Trinajstić information content (AvgIpc) is 3.97. The highest BCUT2D eigenvalue weighted by atomic mass is 32.2. The van der Waals surface area contributed by atoms with Crippen LogP contribution in [0.25, 0.3) is 34.0 Å². The molecule has 1 amide bonds. The normalized spacial score (nSPS) is 20.2. The lowest BCUT2D eigenvalue weighted by atomic mass is 9.91. The van der Waals surface area contributed by atoms with Crippen LogP contribution in [-0.4, -0.2) is 73.1 Å². The third-order valence-electron chi connectivity index (χ3n) is 6.98. The van der Waals surface area contributed by atoms with E-state index in [1.165, 1.54) is 42.6 Å². The predicted molar refractivity (Wildman–Crippen MR) is 174 cm³/mol. The molecule has 0 saturated carbocycles. The topological polar surface area (TPSA) is 153 Å². The molecule has 4 heterocycles. The molecule has 2 aromatic carbocycles. The second-order valence-electron chi connectivity index (χ2n) is 12.0. The van der Waals surface area contributed by atoms with Crippen LogP contribution < -0.4 is 0 Å². The number of nitrogens with zero attached hydrogens (tertiary/aromatic N) is 5. The Morgan fingerprint density at radius 1 is 1.13 bits per heavy atom. The molecule has 46 heavy (non-hydrogen) atoms. The lowest BCUT2D eigenvalue weighted by Crippen LogP contribution is -2.33. The fourth-order valence-corrected chi connectivity index (χ4v) is 5.47. The van der Waals surface area contributed by atoms with Gasteiger partial charge in [-0.3, -0.25) is 4.98 Å². The van der Waals surface area contributed by atoms with Gasteiger partial charge in [-0.15, -0.1) is 0 Å². The number of amides is 1. The van der Waals surface area contributed by atoms with E-state index in [1.54, 1.807) is 52.8 Å². The predicted octanol–water partition coefficient (Wildman–Crippen LogP) is 4.24. The van der Waals surface area contributed by atoms with Gasteiger partial charge < -0.3 is 23.5 Å². The van der Waals surface area contributed by atoms with Gasteiger partial charge in [-0.05, 0) is 52.3 Å². The standard InChI is InChI=1S/C31H33B2N5O7S/c1-18(2)46(40,41)22-13-11-21(12-14-22)24-16-34-27(31(33-45-31)36-28-32-43-28)26(35-24)25-15-23(37-44-25)20-9-7-19(8-10-20)17-38(6)29(39)42-30(3,4)5/h7-16,18,32-33H,17H2,1-6H3/b36-28+/i6D3,17D2. The maximum atomic E-state index is 12.8. The highest BCUT2D eigenvalue weighted by Crippen LogP contribution is 2.43. The second-order valence-corrected chi connectivity index (χ2v) is 14.5. The molecule has 4 aromatic rings. The molecular weight excluding hydrogens is 608 g/mol. The van der Waals surface area contributed by atoms with E-state index in [9.17, 15) is 13.2 Å². The first-order valence-electron chi connectivity index (χ1n) is 16.9. The molecule has 0 N–H and O–H groups in total. The van der Waals surface area contributed by atoms with Crippen molar-refractivity contribution in [2.24, 2.45) is 4.99 Å². The number of hydrogen-bond acceptors (Lipinski definition) is 11. The number of hydrogen-bond donors (Lipinski definition) is 0. The smallest absolute Gasteiger partial charge is 0.434 e. The van der Waals surface area contributed by atoms with E-state index < -0.39 is 45.9 Å². The Balaban J connectivity index is 1.34. The van der Waals surface area contributed by atoms with Crippen LogP contribution in [0.4, 0.5) is 4.79 Å². The largest absolute Gasteiger partial charge is 0.549 e. The number of aliphatic imine (C=N–C) groups is 1. The van der Waals surface area contributed by atoms with Gasteiger partial charge in [0, 0.05) is 34.8 Å². The first kappa shape index (κ1) is 25.7. The van der Waals surface area contributed by atoms with Gasteiger partial charge in [-0.1, -0.05) is 41.6 Å². The molecular formula is C31H33B2N5O7S. The third kappa shape index (κ3) is 6.70. The molecule has 2 aromatic heterocycles. The number of aromatic nitrogens is 3. The number of benzene rings is 2. The van der Waals surface area contributed by atoms with Crippen LogP contribution in [0.5, 0.6) is 0 Å². The lowest BCUT2D eigenvalue weighted by Gasteiger charge is -2.24. The Morgan fingerprint density at radius 3 is 2.37 bits per heavy atom. The maximum absolute atomic E-state index is 12.8. The second kappa shape index (κ2) is 11.7. The van der Waals surface area contributed by atoms with Crippen molar-refractivity contribution in [3.63, 3.8) is 0 Å². The summed E-state index contributed by atoms with van der Waals surface area (Å²) in [6.45, 7) is 1.97. The van der Waals surface area contributed by atoms with Crippen LogP contribution in [0, 0.1) is 0 Å². The summed E-state index contributed by atoms with van der Waals surface area (Å²) in [4.78, 5) is 27.1. The summed E-state index contributed by atoms with van der Waals surface area (Å²) in [6.07, 6.45) is 0.204. The average molecular weight is 646 g/mol. The minimum atomic E-state index is -3.48. The number of rotatable bonds is 9. The van der Waals surface area contributed by atoms with Gasteiger partial charge in [0.2, 0.25) is 0 Å². The first-order valence-corrected chi connectivity index (χ1v) is 15.9. The zero-order valence-corrected chi connectivity index (χ0v) is 26.6. The molecule has 0 bridgehead atoms. The number of carbonyl (C=O) groups excluding carboxylic acids is 1. The van der Waals surface area contributed by atoms with E-state index in [0.717, 1.165) is 0 Å². The van der Waals surface area contributed by atoms with Crippen LogP contribution in [0.1, 0.15) is 52.7 Å². The Bertz CT molecular complexity index is 2110. The minimum Gasteiger partial charge on any atom is -0.549 e. The van der Waals surface area contributed by atoms with E-state index in [4.69, 9.17) is 30.4 Å². The van der Waals surface area contributed by atoms with Crippen molar-refractivity contribution in [2.75, 3.05) is 6.98 Å². The van der Waals surface area contributed by atoms with Gasteiger partial charge in [-0.2, -0.15) is 0 Å². The Labute approximate surface area is 275 Å². The van der Waals surface area contributed by atoms with Crippen molar-refractivity contribution in [3.8, 4) is 34.0 Å². The monoisotopic (exact) mass is 646 g/mol. The van der Waals surface area contributed by atoms with Gasteiger partial charge in [0.25, 0.3) is 0 Å². The van der Waals surface area contributed by atoms with E-state index >= 15 is 0 Å². The van der Waals surface area contributed by atoms with Crippen LogP contribution in [0.15, 0.2) is 75.2 Å². The van der Waals surface area contributed by atoms with Crippen LogP contribution in [-0.2, 0) is 36.0 Å². The van der Waals surface area contributed by atoms with Gasteiger partial charge in [-0.25, -0.2) is 23.2 Å². The van der Waals surface area contributed by atoms with E-state index in [2.05, 4.69) is 15.1 Å². The molecule has 1 unspecified atom stereocenters. The van der Waals surface area contributed by atoms with Gasteiger partial charge in [0.1, 0.15) is 22.7 Å². The van der Waals surface area contributed by atoms with Crippen molar-refractivity contribution in [3.05, 3.63) is 72.1 Å². The van der Waals surface area contributed by atoms with Gasteiger partial charge in [0.05, 0.1) is 24.8 Å². The molecule has 2 saturated heterocycles. The fraction of sp³-hybridized carbons (Fsp3) is 0.323. The van der Waals surface area contributed by atoms with Crippen molar-refractivity contribution in [2.45, 2.75) is 62.5 Å². The van der Waals surface area contributed by atoms with Crippen molar-refractivity contribution >= 4 is 36.7 Å².